The van der Waals surface area contributed by atoms with Crippen LogP contribution in [0.3, 0.4) is 0 Å². The lowest BCUT2D eigenvalue weighted by atomic mass is 10.3. The lowest BCUT2D eigenvalue weighted by Gasteiger charge is -2.11. The summed E-state index contributed by atoms with van der Waals surface area (Å²) in [7, 11) is 0. The van der Waals surface area contributed by atoms with E-state index in [4.69, 9.17) is 10.5 Å². The Morgan fingerprint density at radius 3 is 2.53 bits per heavy atom. The van der Waals surface area contributed by atoms with Crippen LogP contribution in [0.4, 0.5) is 10.1 Å². The Bertz CT molecular complexity index is 531. The molecule has 0 atom stereocenters. The largest absolute Gasteiger partial charge is 0.454 e. The Morgan fingerprint density at radius 2 is 1.76 bits per heavy atom. The molecule has 0 saturated carbocycles. The van der Waals surface area contributed by atoms with Gasteiger partial charge in [0, 0.05) is 4.90 Å². The molecule has 0 aliphatic rings. The molecule has 0 spiro atoms. The van der Waals surface area contributed by atoms with Gasteiger partial charge < -0.3 is 10.5 Å². The van der Waals surface area contributed by atoms with Gasteiger partial charge in [-0.25, -0.2) is 4.39 Å². The quantitative estimate of drug-likeness (QED) is 0.661. The number of nitrogen functional groups attached to an aromatic ring is 1. The van der Waals surface area contributed by atoms with Gasteiger partial charge in [0.25, 0.3) is 0 Å². The maximum absolute atomic E-state index is 13.3. The number of benzene rings is 2. The smallest absolute Gasteiger partial charge is 0.153 e. The zero-order chi connectivity index (χ0) is 12.3. The van der Waals surface area contributed by atoms with E-state index in [9.17, 15) is 4.39 Å². The zero-order valence-electron chi connectivity index (χ0n) is 9.31. The fourth-order valence-electron chi connectivity index (χ4n) is 1.43. The van der Waals surface area contributed by atoms with Crippen LogP contribution in [-0.4, -0.2) is 6.26 Å². The highest BCUT2D eigenvalue weighted by atomic mass is 32.2. The molecular formula is C13H12FNOS. The van der Waals surface area contributed by atoms with Crippen LogP contribution < -0.4 is 10.5 Å². The number of halogens is 1. The van der Waals surface area contributed by atoms with Crippen LogP contribution in [0.15, 0.2) is 47.4 Å². The molecule has 0 radical (unpaired) electrons. The Morgan fingerprint density at radius 1 is 1.06 bits per heavy atom. The minimum absolute atomic E-state index is 0.0309. The van der Waals surface area contributed by atoms with Crippen molar-refractivity contribution in [1.29, 1.82) is 0 Å². The molecule has 0 unspecified atom stereocenters. The summed E-state index contributed by atoms with van der Waals surface area (Å²) in [5.41, 5.74) is 5.65. The molecular weight excluding hydrogens is 237 g/mol. The Labute approximate surface area is 104 Å². The minimum Gasteiger partial charge on any atom is -0.454 e. The number of hydrogen-bond acceptors (Lipinski definition) is 3. The van der Waals surface area contributed by atoms with Gasteiger partial charge in [-0.1, -0.05) is 18.2 Å². The summed E-state index contributed by atoms with van der Waals surface area (Å²) >= 11 is 1.57. The molecule has 4 heteroatoms. The molecule has 0 bridgehead atoms. The summed E-state index contributed by atoms with van der Waals surface area (Å²) in [5.74, 6) is 0.549. The summed E-state index contributed by atoms with van der Waals surface area (Å²) in [6.07, 6.45) is 1.96. The second-order valence-corrected chi connectivity index (χ2v) is 4.25. The molecule has 0 aromatic heterocycles. The number of para-hydroxylation sites is 2. The molecule has 88 valence electrons. The summed E-state index contributed by atoms with van der Waals surface area (Å²) in [4.78, 5) is 0.983. The first-order valence-electron chi connectivity index (χ1n) is 5.07. The number of rotatable bonds is 3. The lowest BCUT2D eigenvalue weighted by molar-refractivity contribution is 0.469. The van der Waals surface area contributed by atoms with Gasteiger partial charge in [0.1, 0.15) is 17.3 Å². The Balaban J connectivity index is 2.35. The summed E-state index contributed by atoms with van der Waals surface area (Å²) in [6, 6.07) is 12.1. The van der Waals surface area contributed by atoms with E-state index in [2.05, 4.69) is 0 Å². The molecule has 0 heterocycles. The van der Waals surface area contributed by atoms with Crippen molar-refractivity contribution in [1.82, 2.24) is 0 Å². The SMILES string of the molecule is CSc1ccccc1Oc1cccc(F)c1N. The van der Waals surface area contributed by atoms with Crippen molar-refractivity contribution < 1.29 is 9.13 Å². The van der Waals surface area contributed by atoms with Gasteiger partial charge in [0.15, 0.2) is 5.75 Å². The van der Waals surface area contributed by atoms with Gasteiger partial charge in [0.2, 0.25) is 0 Å². The van der Waals surface area contributed by atoms with Crippen molar-refractivity contribution in [2.75, 3.05) is 12.0 Å². The predicted octanol–water partition coefficient (Wildman–Crippen LogP) is 3.92. The molecule has 2 N–H and O–H groups in total. The zero-order valence-corrected chi connectivity index (χ0v) is 10.1. The van der Waals surface area contributed by atoms with Gasteiger partial charge in [-0.15, -0.1) is 11.8 Å². The van der Waals surface area contributed by atoms with Crippen LogP contribution >= 0.6 is 11.8 Å². The van der Waals surface area contributed by atoms with E-state index in [-0.39, 0.29) is 5.69 Å². The maximum atomic E-state index is 13.3. The molecule has 17 heavy (non-hydrogen) atoms. The first-order valence-corrected chi connectivity index (χ1v) is 6.29. The molecule has 2 nitrogen and oxygen atoms in total. The van der Waals surface area contributed by atoms with E-state index in [1.165, 1.54) is 6.07 Å². The highest BCUT2D eigenvalue weighted by molar-refractivity contribution is 7.98. The van der Waals surface area contributed by atoms with E-state index in [0.29, 0.717) is 11.5 Å². The van der Waals surface area contributed by atoms with Crippen LogP contribution in [0.25, 0.3) is 0 Å². The van der Waals surface area contributed by atoms with E-state index in [0.717, 1.165) is 4.90 Å². The second kappa shape index (κ2) is 5.10. The van der Waals surface area contributed by atoms with E-state index >= 15 is 0 Å². The van der Waals surface area contributed by atoms with Crippen molar-refractivity contribution in [2.45, 2.75) is 4.90 Å². The van der Waals surface area contributed by atoms with Gasteiger partial charge in [-0.3, -0.25) is 0 Å². The average Bonchev–Trinajstić information content (AvgIpc) is 2.35. The molecule has 0 amide bonds. The Kier molecular flexibility index (Phi) is 3.54. The van der Waals surface area contributed by atoms with Crippen LogP contribution in [0, 0.1) is 5.82 Å². The molecule has 0 aliphatic carbocycles. The third kappa shape index (κ3) is 2.53. The number of nitrogens with two attached hydrogens (primary N) is 1. The van der Waals surface area contributed by atoms with E-state index < -0.39 is 5.82 Å². The standard InChI is InChI=1S/C13H12FNOS/c1-17-12-8-3-2-6-10(12)16-11-7-4-5-9(14)13(11)15/h2-8H,15H2,1H3. The molecule has 0 aliphatic heterocycles. The first-order chi connectivity index (χ1) is 8.22. The van der Waals surface area contributed by atoms with Crippen LogP contribution in [0.2, 0.25) is 0 Å². The molecule has 2 aromatic rings. The fraction of sp³-hybridized carbons (Fsp3) is 0.0769. The third-order valence-electron chi connectivity index (χ3n) is 2.30. The number of anilines is 1. The highest BCUT2D eigenvalue weighted by Gasteiger charge is 2.08. The first kappa shape index (κ1) is 11.8. The Hall–Kier alpha value is -1.68. The topological polar surface area (TPSA) is 35.2 Å². The fourth-order valence-corrected chi connectivity index (χ4v) is 1.95. The lowest BCUT2D eigenvalue weighted by Crippen LogP contribution is -1.95. The normalized spacial score (nSPS) is 10.2. The van der Waals surface area contributed by atoms with Crippen molar-refractivity contribution in [3.63, 3.8) is 0 Å². The van der Waals surface area contributed by atoms with Gasteiger partial charge >= 0.3 is 0 Å². The maximum Gasteiger partial charge on any atom is 0.153 e. The van der Waals surface area contributed by atoms with Crippen LogP contribution in [0.1, 0.15) is 0 Å². The summed E-state index contributed by atoms with van der Waals surface area (Å²) in [5, 5.41) is 0. The molecule has 0 saturated heterocycles. The highest BCUT2D eigenvalue weighted by Crippen LogP contribution is 2.34. The molecule has 0 fully saturated rings. The number of thioether (sulfide) groups is 1. The molecule has 2 aromatic carbocycles. The summed E-state index contributed by atoms with van der Waals surface area (Å²) in [6.45, 7) is 0. The predicted molar refractivity (Wildman–Crippen MR) is 69.1 cm³/mol. The van der Waals surface area contributed by atoms with Gasteiger partial charge in [0.05, 0.1) is 0 Å². The second-order valence-electron chi connectivity index (χ2n) is 3.40. The summed E-state index contributed by atoms with van der Waals surface area (Å²) < 4.78 is 18.9. The van der Waals surface area contributed by atoms with Gasteiger partial charge in [-0.2, -0.15) is 0 Å². The molecule has 2 rings (SSSR count). The van der Waals surface area contributed by atoms with Crippen molar-refractivity contribution >= 4 is 17.4 Å². The van der Waals surface area contributed by atoms with E-state index in [1.54, 1.807) is 23.9 Å². The number of ether oxygens (including phenoxy) is 1. The monoisotopic (exact) mass is 249 g/mol. The van der Waals surface area contributed by atoms with E-state index in [1.807, 2.05) is 30.5 Å². The third-order valence-corrected chi connectivity index (χ3v) is 3.08. The van der Waals surface area contributed by atoms with Crippen molar-refractivity contribution in [3.05, 3.63) is 48.3 Å². The van der Waals surface area contributed by atoms with Crippen molar-refractivity contribution in [3.8, 4) is 11.5 Å². The van der Waals surface area contributed by atoms with Crippen LogP contribution in [0.5, 0.6) is 11.5 Å². The van der Waals surface area contributed by atoms with Crippen molar-refractivity contribution in [2.24, 2.45) is 0 Å². The number of hydrogen-bond donors (Lipinski definition) is 1. The average molecular weight is 249 g/mol. The van der Waals surface area contributed by atoms with Gasteiger partial charge in [-0.05, 0) is 30.5 Å². The minimum atomic E-state index is -0.468. The van der Waals surface area contributed by atoms with Crippen LogP contribution in [-0.2, 0) is 0 Å².